The molecule has 2 aromatic carbocycles. The summed E-state index contributed by atoms with van der Waals surface area (Å²) in [5.41, 5.74) is 2.62. The number of benzene rings is 2. The van der Waals surface area contributed by atoms with Crippen molar-refractivity contribution in [2.75, 3.05) is 11.8 Å². The van der Waals surface area contributed by atoms with Crippen LogP contribution in [-0.2, 0) is 15.4 Å². The fourth-order valence-corrected chi connectivity index (χ4v) is 4.09. The fourth-order valence-electron chi connectivity index (χ4n) is 2.50. The second-order valence-electron chi connectivity index (χ2n) is 7.14. The zero-order chi connectivity index (χ0) is 19.0. The molecular formula is C19H24ClNO3S. The van der Waals surface area contributed by atoms with Crippen LogP contribution < -0.4 is 9.46 Å². The van der Waals surface area contributed by atoms with Gasteiger partial charge in [-0.05, 0) is 60.2 Å². The van der Waals surface area contributed by atoms with Crippen LogP contribution in [0.15, 0.2) is 35.2 Å². The normalized spacial score (nSPS) is 12.1. The minimum Gasteiger partial charge on any atom is -0.495 e. The molecule has 1 N–H and O–H groups in total. The van der Waals surface area contributed by atoms with Gasteiger partial charge in [0.1, 0.15) is 5.75 Å². The summed E-state index contributed by atoms with van der Waals surface area (Å²) < 4.78 is 33.8. The Balaban J connectivity index is 2.53. The lowest BCUT2D eigenvalue weighted by atomic mass is 9.87. The van der Waals surface area contributed by atoms with Gasteiger partial charge < -0.3 is 4.74 Å². The molecule has 0 radical (unpaired) electrons. The van der Waals surface area contributed by atoms with Gasteiger partial charge in [0.15, 0.2) is 0 Å². The molecule has 4 nitrogen and oxygen atoms in total. The molecule has 25 heavy (non-hydrogen) atoms. The predicted octanol–water partition coefficient (Wildman–Crippen LogP) is 5.06. The van der Waals surface area contributed by atoms with Crippen molar-refractivity contribution in [3.8, 4) is 5.75 Å². The summed E-state index contributed by atoms with van der Waals surface area (Å²) in [5.74, 6) is 0.472. The molecular weight excluding hydrogens is 358 g/mol. The highest BCUT2D eigenvalue weighted by atomic mass is 35.5. The molecule has 2 aromatic rings. The smallest absolute Gasteiger partial charge is 0.262 e. The van der Waals surface area contributed by atoms with E-state index in [0.717, 1.165) is 5.56 Å². The molecule has 136 valence electrons. The highest BCUT2D eigenvalue weighted by Crippen LogP contribution is 2.33. The van der Waals surface area contributed by atoms with Gasteiger partial charge in [-0.25, -0.2) is 8.42 Å². The Labute approximate surface area is 155 Å². The first-order valence-electron chi connectivity index (χ1n) is 7.94. The van der Waals surface area contributed by atoms with E-state index in [0.29, 0.717) is 27.6 Å². The Morgan fingerprint density at radius 2 is 1.68 bits per heavy atom. The third-order valence-electron chi connectivity index (χ3n) is 4.06. The maximum absolute atomic E-state index is 12.9. The molecule has 0 saturated heterocycles. The first-order valence-corrected chi connectivity index (χ1v) is 9.80. The number of methoxy groups -OCH3 is 1. The van der Waals surface area contributed by atoms with Crippen molar-refractivity contribution in [2.45, 2.75) is 44.9 Å². The highest BCUT2D eigenvalue weighted by molar-refractivity contribution is 7.92. The predicted molar refractivity (Wildman–Crippen MR) is 103 cm³/mol. The Hall–Kier alpha value is -1.72. The van der Waals surface area contributed by atoms with Crippen LogP contribution in [0.1, 0.15) is 37.5 Å². The Bertz CT molecular complexity index is 900. The van der Waals surface area contributed by atoms with Gasteiger partial charge in [-0.1, -0.05) is 38.4 Å². The SMILES string of the molecule is COc1ccc(C(C)(C)C)cc1NS(=O)(=O)c1cc(C)c(Cl)cc1C. The van der Waals surface area contributed by atoms with Crippen molar-refractivity contribution in [2.24, 2.45) is 0 Å². The molecule has 0 fully saturated rings. The van der Waals surface area contributed by atoms with E-state index < -0.39 is 10.0 Å². The Kier molecular flexibility index (Phi) is 5.40. The van der Waals surface area contributed by atoms with Crippen LogP contribution in [0.2, 0.25) is 5.02 Å². The summed E-state index contributed by atoms with van der Waals surface area (Å²) in [5, 5.41) is 0.545. The van der Waals surface area contributed by atoms with Crippen LogP contribution in [-0.4, -0.2) is 15.5 Å². The van der Waals surface area contributed by atoms with E-state index in [9.17, 15) is 8.42 Å². The fraction of sp³-hybridized carbons (Fsp3) is 0.368. The molecule has 0 bridgehead atoms. The first kappa shape index (κ1) is 19.6. The van der Waals surface area contributed by atoms with Crippen LogP contribution in [0.3, 0.4) is 0 Å². The van der Waals surface area contributed by atoms with Gasteiger partial charge in [0.25, 0.3) is 10.0 Å². The number of nitrogens with one attached hydrogen (secondary N) is 1. The van der Waals surface area contributed by atoms with E-state index in [2.05, 4.69) is 25.5 Å². The summed E-state index contributed by atoms with van der Waals surface area (Å²) in [6, 6.07) is 8.77. The first-order chi connectivity index (χ1) is 11.5. The molecule has 0 aliphatic heterocycles. The molecule has 0 aliphatic rings. The van der Waals surface area contributed by atoms with Crippen LogP contribution in [0, 0.1) is 13.8 Å². The summed E-state index contributed by atoms with van der Waals surface area (Å²) in [7, 11) is -2.25. The zero-order valence-corrected chi connectivity index (χ0v) is 17.0. The summed E-state index contributed by atoms with van der Waals surface area (Å²) in [6.45, 7) is 9.71. The van der Waals surface area contributed by atoms with E-state index in [1.807, 2.05) is 12.1 Å². The van der Waals surface area contributed by atoms with Gasteiger partial charge in [-0.3, -0.25) is 4.72 Å². The van der Waals surface area contributed by atoms with Crippen LogP contribution in [0.5, 0.6) is 5.75 Å². The molecule has 2 rings (SSSR count). The number of anilines is 1. The van der Waals surface area contributed by atoms with Crippen molar-refractivity contribution < 1.29 is 13.2 Å². The Morgan fingerprint density at radius 3 is 2.24 bits per heavy atom. The second kappa shape index (κ2) is 6.89. The maximum atomic E-state index is 12.9. The lowest BCUT2D eigenvalue weighted by molar-refractivity contribution is 0.416. The summed E-state index contributed by atoms with van der Waals surface area (Å²) in [6.07, 6.45) is 0. The van der Waals surface area contributed by atoms with Gasteiger partial charge in [-0.2, -0.15) is 0 Å². The van der Waals surface area contributed by atoms with Crippen LogP contribution in [0.25, 0.3) is 0 Å². The van der Waals surface area contributed by atoms with Crippen LogP contribution >= 0.6 is 11.6 Å². The monoisotopic (exact) mass is 381 g/mol. The summed E-state index contributed by atoms with van der Waals surface area (Å²) in [4.78, 5) is 0.206. The largest absolute Gasteiger partial charge is 0.495 e. The summed E-state index contributed by atoms with van der Waals surface area (Å²) >= 11 is 6.08. The van der Waals surface area contributed by atoms with E-state index in [1.165, 1.54) is 7.11 Å². The molecule has 0 spiro atoms. The molecule has 0 saturated carbocycles. The number of halogens is 1. The van der Waals surface area contributed by atoms with Gasteiger partial charge in [-0.15, -0.1) is 0 Å². The lowest BCUT2D eigenvalue weighted by Crippen LogP contribution is -2.17. The highest BCUT2D eigenvalue weighted by Gasteiger charge is 2.22. The average molecular weight is 382 g/mol. The number of hydrogen-bond donors (Lipinski definition) is 1. The van der Waals surface area contributed by atoms with Crippen LogP contribution in [0.4, 0.5) is 5.69 Å². The number of hydrogen-bond acceptors (Lipinski definition) is 3. The topological polar surface area (TPSA) is 55.4 Å². The van der Waals surface area contributed by atoms with Crippen molar-refractivity contribution in [1.29, 1.82) is 0 Å². The zero-order valence-electron chi connectivity index (χ0n) is 15.4. The quantitative estimate of drug-likeness (QED) is 0.804. The molecule has 0 amide bonds. The molecule has 0 aliphatic carbocycles. The van der Waals surface area contributed by atoms with E-state index >= 15 is 0 Å². The minimum absolute atomic E-state index is 0.112. The van der Waals surface area contributed by atoms with Gasteiger partial charge in [0.2, 0.25) is 0 Å². The number of aryl methyl sites for hydroxylation is 2. The maximum Gasteiger partial charge on any atom is 0.262 e. The van der Waals surface area contributed by atoms with E-state index in [1.54, 1.807) is 32.0 Å². The standard InChI is InChI=1S/C19H24ClNO3S/c1-12-10-18(13(2)9-15(12)20)25(22,23)21-16-11-14(19(3,4)5)7-8-17(16)24-6/h7-11,21H,1-6H3. The molecule has 0 aromatic heterocycles. The van der Waals surface area contributed by atoms with Crippen molar-refractivity contribution >= 4 is 27.3 Å². The van der Waals surface area contributed by atoms with Gasteiger partial charge in [0.05, 0.1) is 17.7 Å². The van der Waals surface area contributed by atoms with Crippen molar-refractivity contribution in [3.05, 3.63) is 52.0 Å². The second-order valence-corrected chi connectivity index (χ2v) is 9.20. The molecule has 0 atom stereocenters. The molecule has 0 heterocycles. The van der Waals surface area contributed by atoms with Gasteiger partial charge >= 0.3 is 0 Å². The minimum atomic E-state index is -3.77. The Morgan fingerprint density at radius 1 is 1.04 bits per heavy atom. The van der Waals surface area contributed by atoms with Gasteiger partial charge in [0, 0.05) is 5.02 Å². The average Bonchev–Trinajstić information content (AvgIpc) is 2.49. The third-order valence-corrected chi connectivity index (χ3v) is 5.97. The molecule has 6 heteroatoms. The van der Waals surface area contributed by atoms with Crippen molar-refractivity contribution in [3.63, 3.8) is 0 Å². The molecule has 0 unspecified atom stereocenters. The van der Waals surface area contributed by atoms with Crippen molar-refractivity contribution in [1.82, 2.24) is 0 Å². The number of rotatable bonds is 4. The third kappa shape index (κ3) is 4.28. The number of ether oxygens (including phenoxy) is 1. The lowest BCUT2D eigenvalue weighted by Gasteiger charge is -2.21. The van der Waals surface area contributed by atoms with E-state index in [4.69, 9.17) is 16.3 Å². The van der Waals surface area contributed by atoms with E-state index in [-0.39, 0.29) is 10.3 Å². The number of sulfonamides is 1.